The van der Waals surface area contributed by atoms with E-state index in [4.69, 9.17) is 0 Å². The Kier molecular flexibility index (Phi) is 3.68. The molecule has 1 saturated carbocycles. The molecule has 0 saturated heterocycles. The van der Waals surface area contributed by atoms with Crippen molar-refractivity contribution in [3.05, 3.63) is 35.4 Å². The van der Waals surface area contributed by atoms with Crippen molar-refractivity contribution in [2.75, 3.05) is 13.2 Å². The van der Waals surface area contributed by atoms with Crippen LogP contribution < -0.4 is 5.32 Å². The molecular weight excluding hydrogens is 238 g/mol. The topological polar surface area (TPSA) is 49.3 Å². The fourth-order valence-electron chi connectivity index (χ4n) is 2.27. The molecule has 104 valence electrons. The van der Waals surface area contributed by atoms with E-state index in [0.717, 1.165) is 24.0 Å². The van der Waals surface area contributed by atoms with Gasteiger partial charge in [0.2, 0.25) is 0 Å². The van der Waals surface area contributed by atoms with E-state index < -0.39 is 0 Å². The van der Waals surface area contributed by atoms with E-state index in [2.05, 4.69) is 26.1 Å². The van der Waals surface area contributed by atoms with Gasteiger partial charge in [0.1, 0.15) is 0 Å². The minimum absolute atomic E-state index is 0.0368. The van der Waals surface area contributed by atoms with Gasteiger partial charge in [0, 0.05) is 17.5 Å². The number of benzene rings is 1. The molecule has 0 aromatic heterocycles. The highest BCUT2D eigenvalue weighted by Gasteiger charge is 2.42. The van der Waals surface area contributed by atoms with Gasteiger partial charge in [-0.2, -0.15) is 0 Å². The largest absolute Gasteiger partial charge is 0.396 e. The molecule has 3 heteroatoms. The molecule has 0 atom stereocenters. The van der Waals surface area contributed by atoms with Gasteiger partial charge in [-0.15, -0.1) is 0 Å². The fraction of sp³-hybridized carbons (Fsp3) is 0.562. The Bertz CT molecular complexity index is 470. The lowest BCUT2D eigenvalue weighted by Gasteiger charge is -2.23. The number of rotatable bonds is 4. The molecule has 0 unspecified atom stereocenters. The smallest absolute Gasteiger partial charge is 0.251 e. The Morgan fingerprint density at radius 3 is 2.47 bits per heavy atom. The molecule has 1 fully saturated rings. The van der Waals surface area contributed by atoms with Crippen LogP contribution in [0, 0.1) is 5.41 Å². The molecule has 0 aliphatic heterocycles. The fourth-order valence-corrected chi connectivity index (χ4v) is 2.27. The molecule has 1 aromatic carbocycles. The Labute approximate surface area is 115 Å². The number of amides is 1. The van der Waals surface area contributed by atoms with Crippen LogP contribution in [-0.2, 0) is 5.41 Å². The van der Waals surface area contributed by atoms with Crippen molar-refractivity contribution in [3.63, 3.8) is 0 Å². The zero-order chi connectivity index (χ0) is 14.1. The minimum Gasteiger partial charge on any atom is -0.396 e. The molecule has 0 heterocycles. The van der Waals surface area contributed by atoms with Crippen molar-refractivity contribution >= 4 is 5.91 Å². The number of aliphatic hydroxyl groups excluding tert-OH is 1. The summed E-state index contributed by atoms with van der Waals surface area (Å²) < 4.78 is 0. The normalized spacial score (nSPS) is 17.1. The van der Waals surface area contributed by atoms with Crippen LogP contribution in [0.4, 0.5) is 0 Å². The standard InChI is InChI=1S/C16H23NO2/c1-15(2,3)13-7-5-4-6-12(13)14(19)17-10-16(11-18)8-9-16/h4-7,18H,8-11H2,1-3H3,(H,17,19). The number of hydrogen-bond acceptors (Lipinski definition) is 2. The molecule has 1 amide bonds. The van der Waals surface area contributed by atoms with Gasteiger partial charge in [-0.1, -0.05) is 39.0 Å². The van der Waals surface area contributed by atoms with Gasteiger partial charge in [-0.3, -0.25) is 4.79 Å². The predicted molar refractivity (Wildman–Crippen MR) is 76.2 cm³/mol. The van der Waals surface area contributed by atoms with Gasteiger partial charge >= 0.3 is 0 Å². The maximum absolute atomic E-state index is 12.3. The minimum atomic E-state index is -0.0534. The SMILES string of the molecule is CC(C)(C)c1ccccc1C(=O)NCC1(CO)CC1. The van der Waals surface area contributed by atoms with Gasteiger partial charge < -0.3 is 10.4 Å². The van der Waals surface area contributed by atoms with Crippen LogP contribution in [0.2, 0.25) is 0 Å². The van der Waals surface area contributed by atoms with Gasteiger partial charge in [0.05, 0.1) is 6.61 Å². The van der Waals surface area contributed by atoms with Crippen LogP contribution in [0.5, 0.6) is 0 Å². The molecule has 2 rings (SSSR count). The Balaban J connectivity index is 2.11. The van der Waals surface area contributed by atoms with E-state index >= 15 is 0 Å². The molecule has 1 aliphatic rings. The van der Waals surface area contributed by atoms with Crippen LogP contribution in [0.3, 0.4) is 0 Å². The first-order valence-corrected chi connectivity index (χ1v) is 6.87. The summed E-state index contributed by atoms with van der Waals surface area (Å²) in [7, 11) is 0. The van der Waals surface area contributed by atoms with Crippen LogP contribution in [0.15, 0.2) is 24.3 Å². The lowest BCUT2D eigenvalue weighted by molar-refractivity contribution is 0.0933. The van der Waals surface area contributed by atoms with Crippen molar-refractivity contribution in [2.45, 2.75) is 39.0 Å². The van der Waals surface area contributed by atoms with Crippen molar-refractivity contribution in [2.24, 2.45) is 5.41 Å². The molecule has 0 spiro atoms. The number of carbonyl (C=O) groups excluding carboxylic acids is 1. The first-order valence-electron chi connectivity index (χ1n) is 6.87. The van der Waals surface area contributed by atoms with E-state index in [1.807, 2.05) is 24.3 Å². The summed E-state index contributed by atoms with van der Waals surface area (Å²) >= 11 is 0. The summed E-state index contributed by atoms with van der Waals surface area (Å²) in [4.78, 5) is 12.3. The highest BCUT2D eigenvalue weighted by molar-refractivity contribution is 5.96. The highest BCUT2D eigenvalue weighted by atomic mass is 16.3. The van der Waals surface area contributed by atoms with Gasteiger partial charge in [0.25, 0.3) is 5.91 Å². The molecular formula is C16H23NO2. The van der Waals surface area contributed by atoms with Gasteiger partial charge in [-0.05, 0) is 29.9 Å². The van der Waals surface area contributed by atoms with Crippen molar-refractivity contribution in [1.82, 2.24) is 5.32 Å². The summed E-state index contributed by atoms with van der Waals surface area (Å²) in [6.07, 6.45) is 2.01. The van der Waals surface area contributed by atoms with Crippen LogP contribution in [0.1, 0.15) is 49.5 Å². The second-order valence-electron chi connectivity index (χ2n) is 6.64. The van der Waals surface area contributed by atoms with Crippen molar-refractivity contribution in [3.8, 4) is 0 Å². The third-order valence-electron chi connectivity index (χ3n) is 3.90. The van der Waals surface area contributed by atoms with E-state index in [9.17, 15) is 9.90 Å². The molecule has 1 aliphatic carbocycles. The predicted octanol–water partition coefficient (Wildman–Crippen LogP) is 2.49. The maximum atomic E-state index is 12.3. The molecule has 0 radical (unpaired) electrons. The summed E-state index contributed by atoms with van der Waals surface area (Å²) in [6, 6.07) is 7.73. The van der Waals surface area contributed by atoms with E-state index in [1.165, 1.54) is 0 Å². The number of carbonyl (C=O) groups is 1. The lowest BCUT2D eigenvalue weighted by Crippen LogP contribution is -2.33. The molecule has 3 nitrogen and oxygen atoms in total. The Morgan fingerprint density at radius 2 is 1.95 bits per heavy atom. The van der Waals surface area contributed by atoms with E-state index in [-0.39, 0.29) is 23.3 Å². The summed E-state index contributed by atoms with van der Waals surface area (Å²) in [5.41, 5.74) is 1.69. The highest BCUT2D eigenvalue weighted by Crippen LogP contribution is 2.44. The van der Waals surface area contributed by atoms with E-state index in [0.29, 0.717) is 6.54 Å². The lowest BCUT2D eigenvalue weighted by atomic mass is 9.83. The average molecular weight is 261 g/mol. The third kappa shape index (κ3) is 3.16. The Morgan fingerprint density at radius 1 is 1.32 bits per heavy atom. The van der Waals surface area contributed by atoms with Gasteiger partial charge in [0.15, 0.2) is 0 Å². The number of hydrogen-bond donors (Lipinski definition) is 2. The Hall–Kier alpha value is -1.35. The number of aliphatic hydroxyl groups is 1. The first-order chi connectivity index (χ1) is 8.88. The summed E-state index contributed by atoms with van der Waals surface area (Å²) in [5, 5.41) is 12.2. The second kappa shape index (κ2) is 4.97. The van der Waals surface area contributed by atoms with Gasteiger partial charge in [-0.25, -0.2) is 0 Å². The van der Waals surface area contributed by atoms with Crippen LogP contribution in [0.25, 0.3) is 0 Å². The van der Waals surface area contributed by atoms with Crippen molar-refractivity contribution in [1.29, 1.82) is 0 Å². The quantitative estimate of drug-likeness (QED) is 0.875. The van der Waals surface area contributed by atoms with Crippen LogP contribution in [-0.4, -0.2) is 24.2 Å². The average Bonchev–Trinajstić information content (AvgIpc) is 3.16. The van der Waals surface area contributed by atoms with Crippen LogP contribution >= 0.6 is 0 Å². The van der Waals surface area contributed by atoms with E-state index in [1.54, 1.807) is 0 Å². The number of nitrogens with one attached hydrogen (secondary N) is 1. The molecule has 0 bridgehead atoms. The summed E-state index contributed by atoms with van der Waals surface area (Å²) in [5.74, 6) is -0.0368. The first kappa shape index (κ1) is 14.1. The molecule has 19 heavy (non-hydrogen) atoms. The maximum Gasteiger partial charge on any atom is 0.251 e. The monoisotopic (exact) mass is 261 g/mol. The molecule has 1 aromatic rings. The second-order valence-corrected chi connectivity index (χ2v) is 6.64. The molecule has 2 N–H and O–H groups in total. The third-order valence-corrected chi connectivity index (χ3v) is 3.90. The zero-order valence-corrected chi connectivity index (χ0v) is 12.0. The summed E-state index contributed by atoms with van der Waals surface area (Å²) in [6.45, 7) is 7.05. The van der Waals surface area contributed by atoms with Crippen molar-refractivity contribution < 1.29 is 9.90 Å². The zero-order valence-electron chi connectivity index (χ0n) is 12.0.